The zero-order chi connectivity index (χ0) is 14.0. The Hall–Kier alpha value is -0.980. The van der Waals surface area contributed by atoms with Gasteiger partial charge in [0.25, 0.3) is 0 Å². The maximum atomic E-state index is 13.5. The van der Waals surface area contributed by atoms with Gasteiger partial charge >= 0.3 is 0 Å². The predicted octanol–water partition coefficient (Wildman–Crippen LogP) is 1.72. The molecule has 1 aromatic rings. The number of hydrogen-bond acceptors (Lipinski definition) is 3. The van der Waals surface area contributed by atoms with Crippen molar-refractivity contribution in [1.82, 2.24) is 9.62 Å². The van der Waals surface area contributed by atoms with Crippen LogP contribution in [-0.2, 0) is 16.6 Å². The van der Waals surface area contributed by atoms with Crippen LogP contribution >= 0.6 is 0 Å². The first-order valence-corrected chi connectivity index (χ1v) is 7.82. The minimum absolute atomic E-state index is 0.0859. The molecule has 1 fully saturated rings. The summed E-state index contributed by atoms with van der Waals surface area (Å²) in [5, 5.41) is 2.83. The minimum atomic E-state index is -3.52. The number of sulfonamides is 1. The highest BCUT2D eigenvalue weighted by molar-refractivity contribution is 7.89. The molecule has 0 heterocycles. The fourth-order valence-corrected chi connectivity index (χ4v) is 3.62. The van der Waals surface area contributed by atoms with E-state index in [2.05, 4.69) is 5.32 Å². The first kappa shape index (κ1) is 14.4. The Kier molecular flexibility index (Phi) is 4.23. The largest absolute Gasteiger partial charge is 0.316 e. The van der Waals surface area contributed by atoms with Gasteiger partial charge in [-0.2, -0.15) is 4.31 Å². The number of hydrogen-bond donors (Lipinski definition) is 1. The third kappa shape index (κ3) is 2.80. The van der Waals surface area contributed by atoms with E-state index >= 15 is 0 Å². The number of benzene rings is 1. The van der Waals surface area contributed by atoms with Crippen molar-refractivity contribution in [3.8, 4) is 0 Å². The van der Waals surface area contributed by atoms with E-state index < -0.39 is 10.0 Å². The highest BCUT2D eigenvalue weighted by atomic mass is 32.2. The molecule has 0 unspecified atom stereocenters. The van der Waals surface area contributed by atoms with Crippen molar-refractivity contribution in [3.63, 3.8) is 0 Å². The minimum Gasteiger partial charge on any atom is -0.316 e. The predicted molar refractivity (Wildman–Crippen MR) is 71.8 cm³/mol. The van der Waals surface area contributed by atoms with Crippen molar-refractivity contribution < 1.29 is 12.8 Å². The average Bonchev–Trinajstić information content (AvgIpc) is 2.29. The standard InChI is InChI=1S/C13H19FN2O2S/c1-15-9-10-8-12(6-7-13(10)14)19(17,18)16(2)11-4-3-5-11/h6-8,11,15H,3-5,9H2,1-2H3. The molecule has 1 aliphatic carbocycles. The molecule has 1 aromatic carbocycles. The van der Waals surface area contributed by atoms with E-state index in [9.17, 15) is 12.8 Å². The molecule has 0 radical (unpaired) electrons. The lowest BCUT2D eigenvalue weighted by Crippen LogP contribution is -2.41. The average molecular weight is 286 g/mol. The van der Waals surface area contributed by atoms with Gasteiger partial charge < -0.3 is 5.32 Å². The van der Waals surface area contributed by atoms with Crippen LogP contribution in [0, 0.1) is 5.82 Å². The van der Waals surface area contributed by atoms with Gasteiger partial charge in [-0.3, -0.25) is 0 Å². The third-order valence-corrected chi connectivity index (χ3v) is 5.56. The molecule has 2 rings (SSSR count). The molecular formula is C13H19FN2O2S. The lowest BCUT2D eigenvalue weighted by molar-refractivity contribution is 0.249. The molecule has 0 aromatic heterocycles. The number of rotatable bonds is 5. The third-order valence-electron chi connectivity index (χ3n) is 3.65. The van der Waals surface area contributed by atoms with Crippen LogP contribution in [-0.4, -0.2) is 32.9 Å². The van der Waals surface area contributed by atoms with Crippen LogP contribution in [0.25, 0.3) is 0 Å². The second-order valence-electron chi connectivity index (χ2n) is 4.89. The summed E-state index contributed by atoms with van der Waals surface area (Å²) in [5.41, 5.74) is 0.366. The fraction of sp³-hybridized carbons (Fsp3) is 0.538. The van der Waals surface area contributed by atoms with Crippen LogP contribution in [0.4, 0.5) is 4.39 Å². The second-order valence-corrected chi connectivity index (χ2v) is 6.89. The lowest BCUT2D eigenvalue weighted by atomic mass is 9.94. The van der Waals surface area contributed by atoms with E-state index in [4.69, 9.17) is 0 Å². The molecule has 0 atom stereocenters. The SMILES string of the molecule is CNCc1cc(S(=O)(=O)N(C)C2CCC2)ccc1F. The van der Waals surface area contributed by atoms with Crippen molar-refractivity contribution in [1.29, 1.82) is 0 Å². The Bertz CT molecular complexity index is 556. The maximum absolute atomic E-state index is 13.5. The van der Waals surface area contributed by atoms with Crippen LogP contribution in [0.1, 0.15) is 24.8 Å². The number of nitrogens with zero attached hydrogens (tertiary/aromatic N) is 1. The molecule has 0 aliphatic heterocycles. The highest BCUT2D eigenvalue weighted by Crippen LogP contribution is 2.29. The quantitative estimate of drug-likeness (QED) is 0.896. The summed E-state index contributed by atoms with van der Waals surface area (Å²) in [7, 11) is -0.225. The first-order valence-electron chi connectivity index (χ1n) is 6.38. The molecule has 1 aliphatic rings. The summed E-state index contributed by atoms with van der Waals surface area (Å²) in [6, 6.07) is 4.05. The zero-order valence-electron chi connectivity index (χ0n) is 11.2. The van der Waals surface area contributed by atoms with Crippen LogP contribution in [0.3, 0.4) is 0 Å². The molecule has 0 saturated heterocycles. The summed E-state index contributed by atoms with van der Waals surface area (Å²) in [6.45, 7) is 0.308. The molecule has 1 saturated carbocycles. The molecule has 6 heteroatoms. The molecule has 19 heavy (non-hydrogen) atoms. The lowest BCUT2D eigenvalue weighted by Gasteiger charge is -2.33. The van der Waals surface area contributed by atoms with E-state index in [1.54, 1.807) is 14.1 Å². The van der Waals surface area contributed by atoms with E-state index in [-0.39, 0.29) is 16.8 Å². The highest BCUT2D eigenvalue weighted by Gasteiger charge is 2.31. The molecular weight excluding hydrogens is 267 g/mol. The van der Waals surface area contributed by atoms with Gasteiger partial charge in [-0.15, -0.1) is 0 Å². The van der Waals surface area contributed by atoms with Gasteiger partial charge in [0.15, 0.2) is 0 Å². The summed E-state index contributed by atoms with van der Waals surface area (Å²) < 4.78 is 39.8. The fourth-order valence-electron chi connectivity index (χ4n) is 2.15. The summed E-state index contributed by atoms with van der Waals surface area (Å²) >= 11 is 0. The Labute approximate surface area is 113 Å². The Morgan fingerprint density at radius 1 is 1.42 bits per heavy atom. The Morgan fingerprint density at radius 3 is 2.63 bits per heavy atom. The van der Waals surface area contributed by atoms with E-state index in [1.807, 2.05) is 0 Å². The Balaban J connectivity index is 2.31. The van der Waals surface area contributed by atoms with Gasteiger partial charge in [-0.1, -0.05) is 6.42 Å². The topological polar surface area (TPSA) is 49.4 Å². The van der Waals surface area contributed by atoms with Crippen molar-refractivity contribution in [2.45, 2.75) is 36.7 Å². The molecule has 0 spiro atoms. The van der Waals surface area contributed by atoms with Crippen molar-refractivity contribution in [2.75, 3.05) is 14.1 Å². The molecule has 4 nitrogen and oxygen atoms in total. The smallest absolute Gasteiger partial charge is 0.243 e. The van der Waals surface area contributed by atoms with Crippen molar-refractivity contribution in [2.24, 2.45) is 0 Å². The van der Waals surface area contributed by atoms with Gasteiger partial charge in [-0.05, 0) is 38.1 Å². The maximum Gasteiger partial charge on any atom is 0.243 e. The van der Waals surface area contributed by atoms with Crippen LogP contribution in [0.15, 0.2) is 23.1 Å². The van der Waals surface area contributed by atoms with Gasteiger partial charge in [0.05, 0.1) is 4.90 Å². The monoisotopic (exact) mass is 286 g/mol. The normalized spacial score (nSPS) is 16.6. The van der Waals surface area contributed by atoms with Gasteiger partial charge in [-0.25, -0.2) is 12.8 Å². The van der Waals surface area contributed by atoms with E-state index in [0.29, 0.717) is 12.1 Å². The Morgan fingerprint density at radius 2 is 2.11 bits per heavy atom. The molecule has 0 bridgehead atoms. The molecule has 1 N–H and O–H groups in total. The van der Waals surface area contributed by atoms with Gasteiger partial charge in [0.2, 0.25) is 10.0 Å². The molecule has 106 valence electrons. The summed E-state index contributed by atoms with van der Waals surface area (Å²) in [5.74, 6) is -0.389. The molecule has 0 amide bonds. The van der Waals surface area contributed by atoms with E-state index in [1.165, 1.54) is 22.5 Å². The van der Waals surface area contributed by atoms with Crippen LogP contribution < -0.4 is 5.32 Å². The number of halogens is 1. The van der Waals surface area contributed by atoms with Crippen LogP contribution in [0.5, 0.6) is 0 Å². The van der Waals surface area contributed by atoms with Crippen molar-refractivity contribution >= 4 is 10.0 Å². The summed E-state index contributed by atoms with van der Waals surface area (Å²) in [4.78, 5) is 0.161. The van der Waals surface area contributed by atoms with E-state index in [0.717, 1.165) is 19.3 Å². The van der Waals surface area contributed by atoms with Crippen molar-refractivity contribution in [3.05, 3.63) is 29.6 Å². The summed E-state index contributed by atoms with van der Waals surface area (Å²) in [6.07, 6.45) is 2.87. The first-order chi connectivity index (χ1) is 8.96. The van der Waals surface area contributed by atoms with Gasteiger partial charge in [0, 0.05) is 25.2 Å². The zero-order valence-corrected chi connectivity index (χ0v) is 12.0. The van der Waals surface area contributed by atoms with Gasteiger partial charge in [0.1, 0.15) is 5.82 Å². The number of nitrogens with one attached hydrogen (secondary N) is 1. The second kappa shape index (κ2) is 5.56. The van der Waals surface area contributed by atoms with Crippen LogP contribution in [0.2, 0.25) is 0 Å².